The van der Waals surface area contributed by atoms with E-state index in [0.29, 0.717) is 23.6 Å². The zero-order chi connectivity index (χ0) is 14.5. The van der Waals surface area contributed by atoms with E-state index in [-0.39, 0.29) is 11.9 Å². The van der Waals surface area contributed by atoms with Crippen molar-refractivity contribution in [2.45, 2.75) is 26.8 Å². The Morgan fingerprint density at radius 3 is 2.90 bits per heavy atom. The largest absolute Gasteiger partial charge is 0.370 e. The van der Waals surface area contributed by atoms with E-state index in [2.05, 4.69) is 20.7 Å². The first-order valence-electron chi connectivity index (χ1n) is 6.66. The maximum Gasteiger partial charge on any atom is 0.259 e. The maximum absolute atomic E-state index is 12.3. The molecular weight excluding hydrogens is 254 g/mol. The summed E-state index contributed by atoms with van der Waals surface area (Å²) in [6.45, 7) is 6.73. The van der Waals surface area contributed by atoms with Crippen LogP contribution in [0.3, 0.4) is 0 Å². The summed E-state index contributed by atoms with van der Waals surface area (Å²) < 4.78 is 1.80. The lowest BCUT2D eigenvalue weighted by Gasteiger charge is -2.08. The van der Waals surface area contributed by atoms with Gasteiger partial charge in [0, 0.05) is 25.0 Å². The maximum atomic E-state index is 12.3. The van der Waals surface area contributed by atoms with Gasteiger partial charge in [-0.2, -0.15) is 5.10 Å². The predicted molar refractivity (Wildman–Crippen MR) is 79.0 cm³/mol. The first-order chi connectivity index (χ1) is 9.61. The molecule has 0 aliphatic carbocycles. The third-order valence-corrected chi connectivity index (χ3v) is 2.79. The fraction of sp³-hybridized carbons (Fsp3) is 0.357. The summed E-state index contributed by atoms with van der Waals surface area (Å²) in [6, 6.07) is 3.75. The third kappa shape index (κ3) is 3.14. The SMILES string of the molecule is CCNc1ncccc1C(=O)Nc1cnn(C(C)C)c1. The summed E-state index contributed by atoms with van der Waals surface area (Å²) in [6.07, 6.45) is 5.11. The van der Waals surface area contributed by atoms with Crippen LogP contribution in [-0.2, 0) is 0 Å². The molecule has 106 valence electrons. The summed E-state index contributed by atoms with van der Waals surface area (Å²) >= 11 is 0. The van der Waals surface area contributed by atoms with Gasteiger partial charge in [-0.1, -0.05) is 0 Å². The average molecular weight is 273 g/mol. The van der Waals surface area contributed by atoms with Gasteiger partial charge in [0.15, 0.2) is 0 Å². The molecule has 2 rings (SSSR count). The summed E-state index contributed by atoms with van der Waals surface area (Å²) in [4.78, 5) is 16.4. The quantitative estimate of drug-likeness (QED) is 0.878. The van der Waals surface area contributed by atoms with E-state index >= 15 is 0 Å². The van der Waals surface area contributed by atoms with Crippen molar-refractivity contribution in [3.05, 3.63) is 36.3 Å². The third-order valence-electron chi connectivity index (χ3n) is 2.79. The molecule has 2 aromatic rings. The van der Waals surface area contributed by atoms with Crippen molar-refractivity contribution < 1.29 is 4.79 Å². The van der Waals surface area contributed by atoms with Gasteiger partial charge in [0.05, 0.1) is 17.4 Å². The van der Waals surface area contributed by atoms with Gasteiger partial charge in [-0.3, -0.25) is 9.48 Å². The lowest BCUT2D eigenvalue weighted by molar-refractivity contribution is 0.102. The molecule has 0 fully saturated rings. The van der Waals surface area contributed by atoms with Crippen LogP contribution < -0.4 is 10.6 Å². The molecule has 0 bridgehead atoms. The van der Waals surface area contributed by atoms with Gasteiger partial charge in [-0.15, -0.1) is 0 Å². The van der Waals surface area contributed by atoms with Crippen LogP contribution in [0.2, 0.25) is 0 Å². The molecule has 0 spiro atoms. The Hall–Kier alpha value is -2.37. The fourth-order valence-corrected chi connectivity index (χ4v) is 1.78. The number of anilines is 2. The van der Waals surface area contributed by atoms with Gasteiger partial charge >= 0.3 is 0 Å². The summed E-state index contributed by atoms with van der Waals surface area (Å²) in [5.41, 5.74) is 1.20. The van der Waals surface area contributed by atoms with Crippen molar-refractivity contribution >= 4 is 17.4 Å². The second-order valence-corrected chi connectivity index (χ2v) is 4.69. The molecule has 0 atom stereocenters. The van der Waals surface area contributed by atoms with Crippen LogP contribution in [0.4, 0.5) is 11.5 Å². The van der Waals surface area contributed by atoms with E-state index in [9.17, 15) is 4.79 Å². The number of hydrogen-bond acceptors (Lipinski definition) is 4. The first kappa shape index (κ1) is 14.0. The van der Waals surface area contributed by atoms with Crippen molar-refractivity contribution in [1.82, 2.24) is 14.8 Å². The molecule has 0 radical (unpaired) electrons. The summed E-state index contributed by atoms with van der Waals surface area (Å²) in [5, 5.41) is 10.1. The zero-order valence-corrected chi connectivity index (χ0v) is 11.9. The molecule has 1 amide bonds. The van der Waals surface area contributed by atoms with Crippen molar-refractivity contribution in [2.24, 2.45) is 0 Å². The average Bonchev–Trinajstić information content (AvgIpc) is 2.88. The highest BCUT2D eigenvalue weighted by Crippen LogP contribution is 2.15. The van der Waals surface area contributed by atoms with Crippen molar-refractivity contribution in [1.29, 1.82) is 0 Å². The highest BCUT2D eigenvalue weighted by molar-refractivity contribution is 6.07. The Morgan fingerprint density at radius 1 is 1.45 bits per heavy atom. The highest BCUT2D eigenvalue weighted by Gasteiger charge is 2.13. The normalized spacial score (nSPS) is 10.6. The first-order valence-corrected chi connectivity index (χ1v) is 6.66. The molecule has 0 saturated carbocycles. The van der Waals surface area contributed by atoms with Crippen molar-refractivity contribution in [3.63, 3.8) is 0 Å². The number of aromatic nitrogens is 3. The molecule has 2 N–H and O–H groups in total. The van der Waals surface area contributed by atoms with Gasteiger partial charge in [0.2, 0.25) is 0 Å². The molecule has 0 unspecified atom stereocenters. The molecule has 2 heterocycles. The van der Waals surface area contributed by atoms with Gasteiger partial charge in [-0.05, 0) is 32.9 Å². The molecular formula is C14H19N5O. The fourth-order valence-electron chi connectivity index (χ4n) is 1.78. The highest BCUT2D eigenvalue weighted by atomic mass is 16.1. The lowest BCUT2D eigenvalue weighted by Crippen LogP contribution is -2.15. The van der Waals surface area contributed by atoms with E-state index in [1.54, 1.807) is 29.2 Å². The van der Waals surface area contributed by atoms with E-state index < -0.39 is 0 Å². The Labute approximate surface area is 118 Å². The zero-order valence-electron chi connectivity index (χ0n) is 11.9. The van der Waals surface area contributed by atoms with Crippen LogP contribution in [0.25, 0.3) is 0 Å². The Kier molecular flexibility index (Phi) is 4.34. The number of amides is 1. The number of hydrogen-bond donors (Lipinski definition) is 2. The van der Waals surface area contributed by atoms with Crippen LogP contribution in [0.5, 0.6) is 0 Å². The molecule has 0 saturated heterocycles. The van der Waals surface area contributed by atoms with Crippen molar-refractivity contribution in [3.8, 4) is 0 Å². The number of nitrogens with one attached hydrogen (secondary N) is 2. The van der Waals surface area contributed by atoms with E-state index in [0.717, 1.165) is 0 Å². The predicted octanol–water partition coefficient (Wildman–Crippen LogP) is 2.54. The van der Waals surface area contributed by atoms with E-state index in [1.807, 2.05) is 27.0 Å². The molecule has 0 aliphatic rings. The lowest BCUT2D eigenvalue weighted by atomic mass is 10.2. The minimum absolute atomic E-state index is 0.197. The molecule has 6 nitrogen and oxygen atoms in total. The standard InChI is InChI=1S/C14H19N5O/c1-4-15-13-12(6-5-7-16-13)14(20)18-11-8-17-19(9-11)10(2)3/h5-10H,4H2,1-3H3,(H,15,16)(H,18,20). The summed E-state index contributed by atoms with van der Waals surface area (Å²) in [5.74, 6) is 0.390. The number of pyridine rings is 1. The van der Waals surface area contributed by atoms with Crippen LogP contribution >= 0.6 is 0 Å². The minimum atomic E-state index is -0.197. The molecule has 6 heteroatoms. The van der Waals surface area contributed by atoms with Gasteiger partial charge < -0.3 is 10.6 Å². The van der Waals surface area contributed by atoms with Gasteiger partial charge in [0.1, 0.15) is 5.82 Å². The van der Waals surface area contributed by atoms with Gasteiger partial charge in [0.25, 0.3) is 5.91 Å². The number of carbonyl (C=O) groups excluding carboxylic acids is 1. The van der Waals surface area contributed by atoms with Crippen LogP contribution in [-0.4, -0.2) is 27.2 Å². The van der Waals surface area contributed by atoms with E-state index in [4.69, 9.17) is 0 Å². The van der Waals surface area contributed by atoms with Crippen LogP contribution in [0.1, 0.15) is 37.2 Å². The Balaban J connectivity index is 2.15. The molecule has 20 heavy (non-hydrogen) atoms. The smallest absolute Gasteiger partial charge is 0.259 e. The Bertz CT molecular complexity index is 591. The molecule has 0 aromatic carbocycles. The van der Waals surface area contributed by atoms with Crippen molar-refractivity contribution in [2.75, 3.05) is 17.2 Å². The molecule has 2 aromatic heterocycles. The number of carbonyl (C=O) groups is 1. The second kappa shape index (κ2) is 6.18. The number of rotatable bonds is 5. The van der Waals surface area contributed by atoms with Gasteiger partial charge in [-0.25, -0.2) is 4.98 Å². The summed E-state index contributed by atoms with van der Waals surface area (Å²) in [7, 11) is 0. The molecule has 0 aliphatic heterocycles. The minimum Gasteiger partial charge on any atom is -0.370 e. The monoisotopic (exact) mass is 273 g/mol. The van der Waals surface area contributed by atoms with Crippen LogP contribution in [0.15, 0.2) is 30.7 Å². The number of nitrogens with zero attached hydrogens (tertiary/aromatic N) is 3. The van der Waals surface area contributed by atoms with Crippen LogP contribution in [0, 0.1) is 0 Å². The second-order valence-electron chi connectivity index (χ2n) is 4.69. The topological polar surface area (TPSA) is 71.8 Å². The van der Waals surface area contributed by atoms with E-state index in [1.165, 1.54) is 0 Å². The Morgan fingerprint density at radius 2 is 2.25 bits per heavy atom.